The van der Waals surface area contributed by atoms with Crippen molar-refractivity contribution in [3.05, 3.63) is 120 Å². The van der Waals surface area contributed by atoms with Gasteiger partial charge in [-0.1, -0.05) is 88.1 Å². The second-order valence-electron chi connectivity index (χ2n) is 34.5. The summed E-state index contributed by atoms with van der Waals surface area (Å²) in [4.78, 5) is 239. The van der Waals surface area contributed by atoms with Crippen LogP contribution in [0.5, 0.6) is 5.75 Å². The van der Waals surface area contributed by atoms with E-state index in [0.717, 1.165) is 21.6 Å². The van der Waals surface area contributed by atoms with Crippen LogP contribution in [0.3, 0.4) is 0 Å². The highest BCUT2D eigenvalue weighted by atomic mass is 32.2. The van der Waals surface area contributed by atoms with E-state index in [1.165, 1.54) is 74.7 Å². The quantitative estimate of drug-likeness (QED) is 0.0136. The second-order valence-corrected chi connectivity index (χ2v) is 35.5. The molecule has 0 aliphatic carbocycles. The number of imidazole rings is 1. The number of aliphatic hydroxyl groups is 3. The molecule has 0 spiro atoms. The van der Waals surface area contributed by atoms with Gasteiger partial charge in [-0.25, -0.2) is 4.98 Å². The molecular formula is C90H130N24O20S. The van der Waals surface area contributed by atoms with Crippen LogP contribution < -0.4 is 75.7 Å². The summed E-state index contributed by atoms with van der Waals surface area (Å²) in [5, 5.41) is 94.7. The molecule has 16 unspecified atom stereocenters. The first-order chi connectivity index (χ1) is 64.5. The van der Waals surface area contributed by atoms with Gasteiger partial charge >= 0.3 is 5.97 Å². The number of nitrogens with zero attached hydrogens (tertiary/aromatic N) is 6. The van der Waals surface area contributed by atoms with E-state index in [-0.39, 0.29) is 89.6 Å². The van der Waals surface area contributed by atoms with Gasteiger partial charge in [-0.15, -0.1) is 11.8 Å². The Morgan fingerprint density at radius 3 is 1.79 bits per heavy atom. The number of nitrogens with one attached hydrogen (secondary N) is 15. The highest BCUT2D eigenvalue weighted by Gasteiger charge is 2.46. The molecule has 3 fully saturated rings. The van der Waals surface area contributed by atoms with Crippen molar-refractivity contribution in [1.82, 2.24) is 103 Å². The van der Waals surface area contributed by atoms with Crippen LogP contribution in [-0.4, -0.2) is 340 Å². The molecule has 6 aromatic rings. The molecule has 736 valence electrons. The van der Waals surface area contributed by atoms with Crippen molar-refractivity contribution in [2.24, 2.45) is 17.2 Å². The van der Waals surface area contributed by atoms with Crippen LogP contribution >= 0.6 is 11.8 Å². The molecule has 16 atom stereocenters. The summed E-state index contributed by atoms with van der Waals surface area (Å²) < 4.78 is 0. The Kier molecular flexibility index (Phi) is 40.5. The number of aromatic nitrogens is 4. The summed E-state index contributed by atoms with van der Waals surface area (Å²) in [6.07, 6.45) is 2.63. The van der Waals surface area contributed by atoms with Gasteiger partial charge in [-0.05, 0) is 119 Å². The first kappa shape index (κ1) is 106. The maximum atomic E-state index is 15.8. The van der Waals surface area contributed by atoms with E-state index in [9.17, 15) is 63.9 Å². The van der Waals surface area contributed by atoms with Gasteiger partial charge in [0.1, 0.15) is 72.4 Å². The smallest absolute Gasteiger partial charge is 0.303 e. The number of phenols is 1. The lowest BCUT2D eigenvalue weighted by Crippen LogP contribution is -2.62. The summed E-state index contributed by atoms with van der Waals surface area (Å²) in [6.45, 7) is 3.15. The van der Waals surface area contributed by atoms with E-state index in [0.29, 0.717) is 82.8 Å². The summed E-state index contributed by atoms with van der Waals surface area (Å²) in [5.74, 6) is -15.4. The zero-order valence-electron chi connectivity index (χ0n) is 76.8. The summed E-state index contributed by atoms with van der Waals surface area (Å²) in [6, 6.07) is -0.237. The first-order valence-electron chi connectivity index (χ1n) is 45.5. The fourth-order valence-electron chi connectivity index (χ4n) is 17.0. The number of carbonyl (C=O) groups is 15. The van der Waals surface area contributed by atoms with Crippen molar-refractivity contribution in [2.45, 2.75) is 233 Å². The van der Waals surface area contributed by atoms with E-state index in [4.69, 9.17) is 22.6 Å². The van der Waals surface area contributed by atoms with Crippen molar-refractivity contribution in [3.63, 3.8) is 0 Å². The van der Waals surface area contributed by atoms with Crippen LogP contribution in [0.4, 0.5) is 0 Å². The number of carbonyl (C=O) groups excluding carboxylic acids is 14. The normalized spacial score (nSPS) is 25.5. The Bertz CT molecular complexity index is 5080. The SMILES string of the molecule is CCCCC1C(O)N(C)C(CCCC)C(=O)NC(CCCNC(=N)N)C(=O)NC(C(=O)NCC(N)=O)CSCC(=O)NC(Cc2ccc(O)cc2)C(=O)N(C)C(C)C(=O)NC(CCN)CN2CCCC2C(=O)NC(Cc2cnc[nH]2)C(=O)NC(CCC(=O)O)C(=O)N2CC(O)CC2C(=O)NC(Cc2c[nH]c3ccccc23)C(=O)NC(CO)C(=O)NC(Cc2c[nH]c3ccccc23)C(=O)N1C. The van der Waals surface area contributed by atoms with Crippen LogP contribution in [0.15, 0.2) is 97.7 Å². The van der Waals surface area contributed by atoms with Crippen molar-refractivity contribution in [2.75, 3.05) is 78.5 Å². The average Bonchev–Trinajstić information content (AvgIpc) is 1.72. The zero-order chi connectivity index (χ0) is 98.3. The van der Waals surface area contributed by atoms with Gasteiger partial charge in [-0.3, -0.25) is 87.1 Å². The molecule has 9 rings (SSSR count). The number of unbranched alkanes of at least 4 members (excludes halogenated alkanes) is 2. The third kappa shape index (κ3) is 30.3. The number of guanidine groups is 1. The minimum absolute atomic E-state index is 0.00352. The molecule has 44 nitrogen and oxygen atoms in total. The van der Waals surface area contributed by atoms with Crippen molar-refractivity contribution >= 4 is 128 Å². The molecule has 26 N–H and O–H groups in total. The number of nitrogens with two attached hydrogens (primary N) is 3. The highest BCUT2D eigenvalue weighted by molar-refractivity contribution is 8.00. The van der Waals surface area contributed by atoms with Gasteiger partial charge in [0.15, 0.2) is 5.96 Å². The summed E-state index contributed by atoms with van der Waals surface area (Å²) >= 11 is 0.813. The van der Waals surface area contributed by atoms with Crippen LogP contribution in [0.25, 0.3) is 21.8 Å². The summed E-state index contributed by atoms with van der Waals surface area (Å²) in [7, 11) is 4.18. The minimum Gasteiger partial charge on any atom is -0.508 e. The topological polar surface area (TPSA) is 668 Å². The highest BCUT2D eigenvalue weighted by Crippen LogP contribution is 2.28. The fraction of sp³-hybridized carbons (Fsp3) is 0.544. The zero-order valence-corrected chi connectivity index (χ0v) is 77.6. The lowest BCUT2D eigenvalue weighted by molar-refractivity contribution is -0.147. The van der Waals surface area contributed by atoms with Crippen LogP contribution in [-0.2, 0) is 97.6 Å². The first-order valence-corrected chi connectivity index (χ1v) is 46.6. The van der Waals surface area contributed by atoms with Gasteiger partial charge in [0, 0.05) is 130 Å². The van der Waals surface area contributed by atoms with E-state index in [2.05, 4.69) is 78.4 Å². The molecule has 0 saturated carbocycles. The minimum atomic E-state index is -1.90. The maximum absolute atomic E-state index is 15.8. The number of fused-ring (bicyclic) bond motifs is 4. The molecule has 0 radical (unpaired) electrons. The lowest BCUT2D eigenvalue weighted by atomic mass is 9.99. The number of primary amides is 1. The van der Waals surface area contributed by atoms with Crippen molar-refractivity contribution in [1.29, 1.82) is 5.41 Å². The number of thioether (sulfide) groups is 1. The molecule has 3 aliphatic rings. The largest absolute Gasteiger partial charge is 0.508 e. The molecule has 135 heavy (non-hydrogen) atoms. The van der Waals surface area contributed by atoms with Crippen LogP contribution in [0.1, 0.15) is 133 Å². The number of aliphatic carboxylic acids is 1. The van der Waals surface area contributed by atoms with Gasteiger partial charge in [0.25, 0.3) is 0 Å². The number of aromatic amines is 3. The molecule has 45 heteroatoms. The van der Waals surface area contributed by atoms with Crippen molar-refractivity contribution < 1.29 is 97.5 Å². The Balaban J connectivity index is 1.09. The predicted octanol–water partition coefficient (Wildman–Crippen LogP) is -3.37. The maximum Gasteiger partial charge on any atom is 0.303 e. The number of hydrogen-bond acceptors (Lipinski definition) is 25. The molecule has 6 heterocycles. The Labute approximate surface area is 785 Å². The number of carboxylic acid groups (broad SMARTS) is 1. The summed E-state index contributed by atoms with van der Waals surface area (Å²) in [5.41, 5.74) is 20.3. The number of rotatable bonds is 27. The van der Waals surface area contributed by atoms with E-state index < -0.39 is 242 Å². The molecule has 14 amide bonds. The third-order valence-corrected chi connectivity index (χ3v) is 25.6. The number of likely N-dealkylation sites (N-methyl/N-ethyl adjacent to an activating group) is 3. The molecule has 3 aliphatic heterocycles. The van der Waals surface area contributed by atoms with E-state index >= 15 is 33.6 Å². The molecule has 3 saturated heterocycles. The number of benzene rings is 3. The van der Waals surface area contributed by atoms with Crippen LogP contribution in [0.2, 0.25) is 0 Å². The van der Waals surface area contributed by atoms with E-state index in [1.54, 1.807) is 65.8 Å². The van der Waals surface area contributed by atoms with Gasteiger partial charge in [0.2, 0.25) is 82.7 Å². The Hall–Kier alpha value is -12.8. The third-order valence-electron chi connectivity index (χ3n) is 24.6. The number of amides is 14. The number of para-hydroxylation sites is 2. The van der Waals surface area contributed by atoms with Gasteiger partial charge < -0.3 is 131 Å². The van der Waals surface area contributed by atoms with Crippen molar-refractivity contribution in [3.8, 4) is 5.75 Å². The molecule has 3 aromatic heterocycles. The lowest BCUT2D eigenvalue weighted by Gasteiger charge is -2.41. The number of hydrogen-bond donors (Lipinski definition) is 23. The Morgan fingerprint density at radius 2 is 1.17 bits per heavy atom. The van der Waals surface area contributed by atoms with Gasteiger partial charge in [0.05, 0.1) is 49.5 Å². The van der Waals surface area contributed by atoms with Gasteiger partial charge in [-0.2, -0.15) is 0 Å². The predicted molar refractivity (Wildman–Crippen MR) is 498 cm³/mol. The number of carboxylic acids is 1. The second kappa shape index (κ2) is 51.6. The number of aromatic hydroxyl groups is 1. The van der Waals surface area contributed by atoms with Crippen LogP contribution in [0, 0.1) is 5.41 Å². The standard InChI is InChI=1S/C90H130N24O20S/c1-7-9-22-70-83(128)103-62(21-15-33-96-90(93)94)79(124)109-69(78(123)99-43-74(92)118)47-135-48-75(119)102-66(35-51-25-27-56(116)28-26-51)86(131)110(4)50(3)77(122)101-54(31-32-91)44-113-34-16-24-71(113)84(129)106-65(38-55-42-95-49-100-55)81(126)104-63(29-30-76(120)121)88(133)114-45-57(117)39-73(114)85(130)105-64(36-52-40-97-60-19-13-11-17-58(52)60)80(125)108-68(46-115)82(127)107-67(37-53-41-98-61-20-14-12-18-59(53)61)87(132)112(6)72(23-10-8-2)89(134)111(70)5/h11-14,17-20,25-28,40-42,49-50,54,57,62-73,89,97-98,115-117,134H,7-10,15-16,21-24,29-39,43-48,91H2,1-6H3,(H2,92,118)(H,95,100)(H,99,123)(H,101,122)(H,102,119)(H,103,128)(H,104,126)(H,105,130)(H,106,129)(H,107,127)(H,108,125)(H,109,124)(H,120,121)(H4,93,94,96). The number of aliphatic hydroxyl groups excluding tert-OH is 3. The molecular weight excluding hydrogens is 1770 g/mol. The van der Waals surface area contributed by atoms with E-state index in [1.807, 2.05) is 13.8 Å². The fourth-order valence-corrected chi connectivity index (χ4v) is 17.8. The molecule has 0 bridgehead atoms. The monoisotopic (exact) mass is 1900 g/mol. The molecule has 3 aromatic carbocycles. The average molecular weight is 1900 g/mol. The number of phenolic OH excluding ortho intramolecular Hbond substituents is 1. The number of H-pyrrole nitrogens is 3. The Morgan fingerprint density at radius 1 is 0.593 bits per heavy atom.